The highest BCUT2D eigenvalue weighted by Gasteiger charge is 2.31. The van der Waals surface area contributed by atoms with Gasteiger partial charge in [-0.05, 0) is 43.9 Å². The third-order valence-electron chi connectivity index (χ3n) is 8.03. The Labute approximate surface area is 242 Å². The van der Waals surface area contributed by atoms with E-state index < -0.39 is 10.2 Å². The number of rotatable bonds is 10. The van der Waals surface area contributed by atoms with Gasteiger partial charge in [0.1, 0.15) is 5.75 Å². The lowest BCUT2D eigenvalue weighted by atomic mass is 10.0. The normalized spacial score (nSPS) is 22.4. The largest absolute Gasteiger partial charge is 0.483 e. The average Bonchev–Trinajstić information content (AvgIpc) is 3.39. The highest BCUT2D eigenvalue weighted by atomic mass is 32.2. The molecular formula is C29H41N5O6S. The van der Waals surface area contributed by atoms with Gasteiger partial charge in [0.2, 0.25) is 0 Å². The number of likely N-dealkylation sites (N-methyl/N-ethyl adjacent to an activating group) is 1. The average molecular weight is 588 g/mol. The Morgan fingerprint density at radius 3 is 2.76 bits per heavy atom. The van der Waals surface area contributed by atoms with E-state index in [0.29, 0.717) is 62.9 Å². The van der Waals surface area contributed by atoms with Gasteiger partial charge in [-0.3, -0.25) is 14.4 Å². The Hall–Kier alpha value is -2.90. The van der Waals surface area contributed by atoms with Crippen molar-refractivity contribution in [3.05, 3.63) is 53.6 Å². The van der Waals surface area contributed by atoms with Gasteiger partial charge in [0, 0.05) is 51.9 Å². The van der Waals surface area contributed by atoms with E-state index in [1.54, 1.807) is 24.1 Å². The minimum atomic E-state index is -3.76. The molecule has 3 N–H and O–H groups in total. The molecular weight excluding hydrogens is 546 g/mol. The number of carbonyl (C=O) groups excluding carboxylic acids is 1. The zero-order valence-corrected chi connectivity index (χ0v) is 24.6. The molecule has 2 saturated heterocycles. The highest BCUT2D eigenvalue weighted by Crippen LogP contribution is 2.38. The standard InChI is InChI=1S/C29H41N5O6S/c1-21-17-34(15-16-39-21)41(37,38)31-25-10-11-27(24-9-6-13-30-29(24)25)40-20-28(36)32(2)26(22-7-4-3-5-8-22)19-33-14-12-23(35)18-33/h3-5,7-8,10-11,21,23,26,30-31,35H,6,9,12-20H2,1-2H3/t21-,23-,26?/m0/s1. The van der Waals surface area contributed by atoms with Crippen molar-refractivity contribution in [3.8, 4) is 5.75 Å². The molecule has 12 heteroatoms. The first-order valence-electron chi connectivity index (χ1n) is 14.3. The van der Waals surface area contributed by atoms with Gasteiger partial charge in [-0.15, -0.1) is 0 Å². The number of aliphatic hydroxyl groups is 1. The number of ether oxygens (including phenoxy) is 2. The van der Waals surface area contributed by atoms with E-state index in [2.05, 4.69) is 14.9 Å². The Kier molecular flexibility index (Phi) is 9.35. The smallest absolute Gasteiger partial charge is 0.301 e. The van der Waals surface area contributed by atoms with Crippen LogP contribution < -0.4 is 14.8 Å². The zero-order chi connectivity index (χ0) is 29.0. The van der Waals surface area contributed by atoms with Crippen LogP contribution in [-0.4, -0.2) is 105 Å². The van der Waals surface area contributed by atoms with Crippen LogP contribution in [-0.2, 0) is 26.2 Å². The number of hydrogen-bond donors (Lipinski definition) is 3. The molecule has 224 valence electrons. The van der Waals surface area contributed by atoms with E-state index in [4.69, 9.17) is 9.47 Å². The number of hydrogen-bond acceptors (Lipinski definition) is 8. The molecule has 3 heterocycles. The molecule has 0 bridgehead atoms. The minimum absolute atomic E-state index is 0.147. The van der Waals surface area contributed by atoms with Gasteiger partial charge < -0.3 is 24.8 Å². The number of β-amino-alcohol motifs (C(OH)–C–C–N with tert-alkyl or cyclic N) is 1. The number of aliphatic hydroxyl groups excluding tert-OH is 1. The van der Waals surface area contributed by atoms with Crippen LogP contribution in [0.25, 0.3) is 0 Å². The maximum atomic E-state index is 13.4. The molecule has 0 radical (unpaired) electrons. The number of anilines is 2. The van der Waals surface area contributed by atoms with E-state index in [0.717, 1.165) is 30.5 Å². The van der Waals surface area contributed by atoms with Crippen LogP contribution in [0.5, 0.6) is 5.75 Å². The first-order chi connectivity index (χ1) is 19.7. The Morgan fingerprint density at radius 1 is 1.22 bits per heavy atom. The molecule has 0 saturated carbocycles. The fourth-order valence-electron chi connectivity index (χ4n) is 5.75. The summed E-state index contributed by atoms with van der Waals surface area (Å²) >= 11 is 0. The third-order valence-corrected chi connectivity index (χ3v) is 9.52. The molecule has 0 spiro atoms. The Morgan fingerprint density at radius 2 is 2.02 bits per heavy atom. The molecule has 1 unspecified atom stereocenters. The van der Waals surface area contributed by atoms with Crippen LogP contribution in [0.15, 0.2) is 42.5 Å². The fourth-order valence-corrected chi connectivity index (χ4v) is 7.05. The lowest BCUT2D eigenvalue weighted by Crippen LogP contribution is -2.46. The summed E-state index contributed by atoms with van der Waals surface area (Å²) in [6.07, 6.45) is 1.81. The van der Waals surface area contributed by atoms with Gasteiger partial charge >= 0.3 is 10.2 Å². The molecule has 3 aliphatic rings. The highest BCUT2D eigenvalue weighted by molar-refractivity contribution is 7.90. The lowest BCUT2D eigenvalue weighted by molar-refractivity contribution is -0.134. The van der Waals surface area contributed by atoms with Crippen molar-refractivity contribution in [1.29, 1.82) is 0 Å². The topological polar surface area (TPSA) is 124 Å². The number of nitrogens with zero attached hydrogens (tertiary/aromatic N) is 3. The summed E-state index contributed by atoms with van der Waals surface area (Å²) in [5.74, 6) is 0.401. The number of nitrogens with one attached hydrogen (secondary N) is 2. The van der Waals surface area contributed by atoms with Gasteiger partial charge in [-0.25, -0.2) is 0 Å². The van der Waals surface area contributed by atoms with Crippen LogP contribution in [0.4, 0.5) is 11.4 Å². The van der Waals surface area contributed by atoms with E-state index in [-0.39, 0.29) is 30.8 Å². The molecule has 2 aromatic rings. The predicted octanol–water partition coefficient (Wildman–Crippen LogP) is 2.07. The summed E-state index contributed by atoms with van der Waals surface area (Å²) in [6.45, 7) is 5.40. The molecule has 3 aliphatic heterocycles. The van der Waals surface area contributed by atoms with Gasteiger partial charge in [0.25, 0.3) is 5.91 Å². The SMILES string of the molecule is C[C@H]1CN(S(=O)(=O)Nc2ccc(OCC(=O)N(C)C(CN3CC[C@H](O)C3)c3ccccc3)c3c2NCCC3)CCO1. The number of carbonyl (C=O) groups is 1. The van der Waals surface area contributed by atoms with Crippen LogP contribution in [0.1, 0.15) is 36.9 Å². The molecule has 11 nitrogen and oxygen atoms in total. The van der Waals surface area contributed by atoms with Crippen molar-refractivity contribution in [1.82, 2.24) is 14.1 Å². The van der Waals surface area contributed by atoms with Crippen molar-refractivity contribution in [3.63, 3.8) is 0 Å². The Balaban J connectivity index is 1.29. The summed E-state index contributed by atoms with van der Waals surface area (Å²) < 4.78 is 42.0. The number of morpholine rings is 1. The first kappa shape index (κ1) is 29.6. The lowest BCUT2D eigenvalue weighted by Gasteiger charge is -2.32. The van der Waals surface area contributed by atoms with Crippen molar-refractivity contribution in [2.45, 2.75) is 44.4 Å². The fraction of sp³-hybridized carbons (Fsp3) is 0.552. The van der Waals surface area contributed by atoms with Crippen molar-refractivity contribution in [2.24, 2.45) is 0 Å². The zero-order valence-electron chi connectivity index (χ0n) is 23.8. The summed E-state index contributed by atoms with van der Waals surface area (Å²) in [5.41, 5.74) is 3.03. The second kappa shape index (κ2) is 13.0. The molecule has 2 fully saturated rings. The molecule has 41 heavy (non-hydrogen) atoms. The molecule has 2 aromatic carbocycles. The minimum Gasteiger partial charge on any atom is -0.483 e. The summed E-state index contributed by atoms with van der Waals surface area (Å²) in [4.78, 5) is 17.3. The quantitative estimate of drug-likeness (QED) is 0.386. The predicted molar refractivity (Wildman–Crippen MR) is 157 cm³/mol. The maximum Gasteiger partial charge on any atom is 0.301 e. The Bertz CT molecular complexity index is 1310. The summed E-state index contributed by atoms with van der Waals surface area (Å²) in [6, 6.07) is 13.1. The van der Waals surface area contributed by atoms with Gasteiger partial charge in [-0.2, -0.15) is 12.7 Å². The van der Waals surface area contributed by atoms with Crippen molar-refractivity contribution in [2.75, 3.05) is 69.6 Å². The van der Waals surface area contributed by atoms with Gasteiger partial charge in [0.15, 0.2) is 6.61 Å². The number of likely N-dealkylation sites (tertiary alicyclic amines) is 1. The summed E-state index contributed by atoms with van der Waals surface area (Å²) in [7, 11) is -1.97. The number of fused-ring (bicyclic) bond motifs is 1. The molecule has 0 aliphatic carbocycles. The molecule has 3 atom stereocenters. The van der Waals surface area contributed by atoms with Gasteiger partial charge in [-0.1, -0.05) is 30.3 Å². The van der Waals surface area contributed by atoms with Crippen molar-refractivity contribution >= 4 is 27.5 Å². The van der Waals surface area contributed by atoms with Crippen LogP contribution in [0.2, 0.25) is 0 Å². The first-order valence-corrected chi connectivity index (χ1v) is 15.8. The maximum absolute atomic E-state index is 13.4. The number of benzene rings is 2. The van der Waals surface area contributed by atoms with E-state index in [9.17, 15) is 18.3 Å². The van der Waals surface area contributed by atoms with E-state index >= 15 is 0 Å². The van der Waals surface area contributed by atoms with Gasteiger partial charge in [0.05, 0.1) is 36.2 Å². The summed E-state index contributed by atoms with van der Waals surface area (Å²) in [5, 5.41) is 13.3. The van der Waals surface area contributed by atoms with Crippen LogP contribution in [0.3, 0.4) is 0 Å². The van der Waals surface area contributed by atoms with Crippen LogP contribution in [0, 0.1) is 0 Å². The number of amides is 1. The molecule has 0 aromatic heterocycles. The second-order valence-electron chi connectivity index (χ2n) is 11.1. The molecule has 1 amide bonds. The van der Waals surface area contributed by atoms with E-state index in [1.807, 2.05) is 37.3 Å². The van der Waals surface area contributed by atoms with E-state index in [1.165, 1.54) is 4.31 Å². The second-order valence-corrected chi connectivity index (χ2v) is 12.7. The monoisotopic (exact) mass is 587 g/mol. The van der Waals surface area contributed by atoms with Crippen molar-refractivity contribution < 1.29 is 27.8 Å². The van der Waals surface area contributed by atoms with Crippen LogP contribution >= 0.6 is 0 Å². The third kappa shape index (κ3) is 7.12. The molecule has 5 rings (SSSR count).